The number of benzene rings is 1. The number of carbonyl (C=O) groups excluding carboxylic acids is 1. The van der Waals surface area contributed by atoms with E-state index in [1.54, 1.807) is 0 Å². The van der Waals surface area contributed by atoms with Gasteiger partial charge in [0.1, 0.15) is 11.6 Å². The second-order valence-corrected chi connectivity index (χ2v) is 3.12. The molecular weight excluding hydrogens is 218 g/mol. The van der Waals surface area contributed by atoms with Crippen LogP contribution in [0.1, 0.15) is 15.9 Å². The summed E-state index contributed by atoms with van der Waals surface area (Å²) in [5.74, 6) is -3.81. The molecule has 0 unspecified atom stereocenters. The van der Waals surface area contributed by atoms with Crippen molar-refractivity contribution in [2.45, 2.75) is 6.92 Å². The first-order valence-electron chi connectivity index (χ1n) is 4.33. The number of carboxylic acids is 1. The third kappa shape index (κ3) is 2.73. The summed E-state index contributed by atoms with van der Waals surface area (Å²) in [5.41, 5.74) is -0.406. The van der Waals surface area contributed by atoms with Gasteiger partial charge in [0.25, 0.3) is 0 Å². The van der Waals surface area contributed by atoms with Crippen LogP contribution in [-0.4, -0.2) is 16.9 Å². The molecule has 1 aromatic rings. The normalized spacial score (nSPS) is 10.7. The van der Waals surface area contributed by atoms with Crippen LogP contribution in [0.3, 0.4) is 0 Å². The predicted octanol–water partition coefficient (Wildman–Crippen LogP) is 2.10. The van der Waals surface area contributed by atoms with Crippen LogP contribution in [-0.2, 0) is 4.79 Å². The lowest BCUT2D eigenvalue weighted by molar-refractivity contribution is -0.131. The van der Waals surface area contributed by atoms with Crippen molar-refractivity contribution in [3.63, 3.8) is 0 Å². The largest absolute Gasteiger partial charge is 0.478 e. The van der Waals surface area contributed by atoms with Gasteiger partial charge in [-0.05, 0) is 30.7 Å². The molecule has 16 heavy (non-hydrogen) atoms. The summed E-state index contributed by atoms with van der Waals surface area (Å²) in [7, 11) is 0. The number of hydrogen-bond acceptors (Lipinski definition) is 2. The third-order valence-corrected chi connectivity index (χ3v) is 1.89. The molecule has 84 valence electrons. The third-order valence-electron chi connectivity index (χ3n) is 1.89. The molecule has 3 nitrogen and oxygen atoms in total. The fourth-order valence-corrected chi connectivity index (χ4v) is 1.07. The zero-order chi connectivity index (χ0) is 12.3. The van der Waals surface area contributed by atoms with E-state index in [2.05, 4.69) is 0 Å². The SMILES string of the molecule is Cc1cc(F)c(C(=O)C=CC(=O)O)cc1F. The molecule has 0 saturated heterocycles. The number of halogens is 2. The van der Waals surface area contributed by atoms with Crippen LogP contribution in [0.2, 0.25) is 0 Å². The second-order valence-electron chi connectivity index (χ2n) is 3.12. The molecule has 0 fully saturated rings. The quantitative estimate of drug-likeness (QED) is 0.634. The smallest absolute Gasteiger partial charge is 0.328 e. The van der Waals surface area contributed by atoms with Gasteiger partial charge in [-0.25, -0.2) is 13.6 Å². The number of hydrogen-bond donors (Lipinski definition) is 1. The summed E-state index contributed by atoms with van der Waals surface area (Å²) in [6, 6.07) is 1.64. The molecule has 5 heteroatoms. The Morgan fingerprint density at radius 2 is 1.81 bits per heavy atom. The van der Waals surface area contributed by atoms with E-state index in [4.69, 9.17) is 5.11 Å². The van der Waals surface area contributed by atoms with E-state index in [1.807, 2.05) is 0 Å². The molecular formula is C11H8F2O3. The summed E-state index contributed by atoms with van der Waals surface area (Å²) in [6.45, 7) is 1.36. The monoisotopic (exact) mass is 226 g/mol. The molecule has 0 aliphatic carbocycles. The molecule has 0 aromatic heterocycles. The first-order valence-corrected chi connectivity index (χ1v) is 4.33. The van der Waals surface area contributed by atoms with Gasteiger partial charge in [-0.15, -0.1) is 0 Å². The summed E-state index contributed by atoms with van der Waals surface area (Å²) in [5, 5.41) is 8.27. The van der Waals surface area contributed by atoms with Crippen molar-refractivity contribution in [3.05, 3.63) is 47.0 Å². The molecule has 0 atom stereocenters. The Morgan fingerprint density at radius 1 is 1.19 bits per heavy atom. The van der Waals surface area contributed by atoms with Crippen LogP contribution in [0.5, 0.6) is 0 Å². The van der Waals surface area contributed by atoms with Crippen molar-refractivity contribution in [2.24, 2.45) is 0 Å². The Hall–Kier alpha value is -2.04. The molecule has 1 N–H and O–H groups in total. The highest BCUT2D eigenvalue weighted by Crippen LogP contribution is 2.15. The van der Waals surface area contributed by atoms with Crippen LogP contribution in [0, 0.1) is 18.6 Å². The molecule has 0 saturated carbocycles. The highest BCUT2D eigenvalue weighted by molar-refractivity contribution is 6.07. The summed E-state index contributed by atoms with van der Waals surface area (Å²) in [6.07, 6.45) is 1.25. The fraction of sp³-hybridized carbons (Fsp3) is 0.0909. The minimum Gasteiger partial charge on any atom is -0.478 e. The Kier molecular flexibility index (Phi) is 3.50. The zero-order valence-electron chi connectivity index (χ0n) is 8.33. The molecule has 0 radical (unpaired) electrons. The highest BCUT2D eigenvalue weighted by atomic mass is 19.1. The molecule has 0 bridgehead atoms. The predicted molar refractivity (Wildman–Crippen MR) is 52.2 cm³/mol. The minimum absolute atomic E-state index is 0.0799. The van der Waals surface area contributed by atoms with Gasteiger partial charge in [0.05, 0.1) is 5.56 Å². The van der Waals surface area contributed by atoms with Gasteiger partial charge < -0.3 is 5.11 Å². The van der Waals surface area contributed by atoms with Crippen LogP contribution >= 0.6 is 0 Å². The Balaban J connectivity index is 3.09. The number of aliphatic carboxylic acids is 1. The lowest BCUT2D eigenvalue weighted by atomic mass is 10.1. The van der Waals surface area contributed by atoms with Crippen molar-refractivity contribution >= 4 is 11.8 Å². The maximum atomic E-state index is 13.2. The van der Waals surface area contributed by atoms with Gasteiger partial charge in [0.2, 0.25) is 0 Å². The van der Waals surface area contributed by atoms with Crippen molar-refractivity contribution < 1.29 is 23.5 Å². The Labute approximate surface area is 90.0 Å². The number of ketones is 1. The van der Waals surface area contributed by atoms with Crippen molar-refractivity contribution in [1.29, 1.82) is 0 Å². The number of carboxylic acid groups (broad SMARTS) is 1. The topological polar surface area (TPSA) is 54.4 Å². The van der Waals surface area contributed by atoms with E-state index in [1.165, 1.54) is 6.92 Å². The van der Waals surface area contributed by atoms with Gasteiger partial charge in [0.15, 0.2) is 5.78 Å². The highest BCUT2D eigenvalue weighted by Gasteiger charge is 2.12. The minimum atomic E-state index is -1.33. The van der Waals surface area contributed by atoms with Crippen molar-refractivity contribution in [3.8, 4) is 0 Å². The first-order chi connectivity index (χ1) is 7.41. The standard InChI is InChI=1S/C11H8F2O3/c1-6-4-9(13)7(5-8(6)12)10(14)2-3-11(15)16/h2-5H,1H3,(H,15,16). The number of allylic oxidation sites excluding steroid dienone is 1. The van der Waals surface area contributed by atoms with Crippen LogP contribution in [0.25, 0.3) is 0 Å². The zero-order valence-corrected chi connectivity index (χ0v) is 8.33. The van der Waals surface area contributed by atoms with E-state index >= 15 is 0 Å². The Morgan fingerprint density at radius 3 is 2.38 bits per heavy atom. The molecule has 0 amide bonds. The lowest BCUT2D eigenvalue weighted by Gasteiger charge is -2.01. The fourth-order valence-electron chi connectivity index (χ4n) is 1.07. The summed E-state index contributed by atoms with van der Waals surface area (Å²) in [4.78, 5) is 21.4. The van der Waals surface area contributed by atoms with Gasteiger partial charge in [-0.1, -0.05) is 0 Å². The van der Waals surface area contributed by atoms with Gasteiger partial charge in [-0.2, -0.15) is 0 Å². The molecule has 1 rings (SSSR count). The second kappa shape index (κ2) is 4.65. The van der Waals surface area contributed by atoms with Crippen LogP contribution in [0.15, 0.2) is 24.3 Å². The van der Waals surface area contributed by atoms with Gasteiger partial charge >= 0.3 is 5.97 Å². The van der Waals surface area contributed by atoms with E-state index < -0.39 is 29.0 Å². The Bertz CT molecular complexity index is 478. The van der Waals surface area contributed by atoms with E-state index in [0.29, 0.717) is 12.2 Å². The maximum Gasteiger partial charge on any atom is 0.328 e. The molecule has 0 spiro atoms. The van der Waals surface area contributed by atoms with Crippen molar-refractivity contribution in [2.75, 3.05) is 0 Å². The van der Waals surface area contributed by atoms with E-state index in [9.17, 15) is 18.4 Å². The first kappa shape index (κ1) is 12.0. The van der Waals surface area contributed by atoms with E-state index in [0.717, 1.165) is 12.1 Å². The number of carbonyl (C=O) groups is 2. The number of rotatable bonds is 3. The molecule has 1 aromatic carbocycles. The summed E-state index contributed by atoms with van der Waals surface area (Å²) < 4.78 is 26.3. The van der Waals surface area contributed by atoms with Crippen molar-refractivity contribution in [1.82, 2.24) is 0 Å². The maximum absolute atomic E-state index is 13.2. The number of aryl methyl sites for hydroxylation is 1. The molecule has 0 heterocycles. The lowest BCUT2D eigenvalue weighted by Crippen LogP contribution is -2.02. The van der Waals surface area contributed by atoms with Gasteiger partial charge in [-0.3, -0.25) is 4.79 Å². The van der Waals surface area contributed by atoms with Crippen LogP contribution in [0.4, 0.5) is 8.78 Å². The van der Waals surface area contributed by atoms with Gasteiger partial charge in [0, 0.05) is 6.08 Å². The van der Waals surface area contributed by atoms with Crippen LogP contribution < -0.4 is 0 Å². The molecule has 0 aliphatic rings. The van der Waals surface area contributed by atoms with E-state index in [-0.39, 0.29) is 5.56 Å². The average molecular weight is 226 g/mol. The summed E-state index contributed by atoms with van der Waals surface area (Å²) >= 11 is 0. The molecule has 0 aliphatic heterocycles. The average Bonchev–Trinajstić information content (AvgIpc) is 2.20.